The molecule has 12 aromatic rings. The number of rotatable bonds is 15. The number of nitrogens with zero attached hydrogens (tertiary/aromatic N) is 4. The zero-order valence-corrected chi connectivity index (χ0v) is 44.7. The predicted octanol–water partition coefficient (Wildman–Crippen LogP) is 21.5. The van der Waals surface area contributed by atoms with E-state index < -0.39 is 0 Å². The van der Waals surface area contributed by atoms with E-state index in [0.29, 0.717) is 0 Å². The molecule has 0 N–H and O–H groups in total. The van der Waals surface area contributed by atoms with Crippen LogP contribution in [0.1, 0.15) is 16.7 Å². The Morgan fingerprint density at radius 2 is 0.316 bits per heavy atom. The van der Waals surface area contributed by atoms with E-state index in [0.717, 1.165) is 102 Å². The number of hydrogen-bond donors (Lipinski definition) is 0. The Labute approximate surface area is 465 Å². The molecule has 79 heavy (non-hydrogen) atoms. The second-order valence-electron chi connectivity index (χ2n) is 20.1. The molecular formula is C75H60N4. The van der Waals surface area contributed by atoms with Gasteiger partial charge in [0, 0.05) is 68.2 Å². The molecule has 4 nitrogen and oxygen atoms in total. The maximum absolute atomic E-state index is 2.35. The predicted molar refractivity (Wildman–Crippen MR) is 336 cm³/mol. The lowest BCUT2D eigenvalue weighted by Crippen LogP contribution is -2.10. The standard InChI is InChI=1S/C75H60N4/c1-55-16-13-25-73(52-55)77(64-19-7-4-8-20-64)70-46-34-61(35-47-70)58-28-40-67(41-29-58)76(68-42-30-59(31-43-68)62-36-48-71(49-37-62)78(65-21-9-5-10-22-65)74-26-14-17-56(2)53-74)69-44-32-60(33-45-69)63-38-50-72(51-39-63)79(66-23-11-6-12-24-66)75-27-15-18-57(3)54-75/h4-54H,1-3H3. The fourth-order valence-corrected chi connectivity index (χ4v) is 10.6. The zero-order valence-electron chi connectivity index (χ0n) is 44.7. The van der Waals surface area contributed by atoms with Gasteiger partial charge in [-0.3, -0.25) is 0 Å². The van der Waals surface area contributed by atoms with Gasteiger partial charge in [0.2, 0.25) is 0 Å². The summed E-state index contributed by atoms with van der Waals surface area (Å²) in [4.78, 5) is 9.30. The van der Waals surface area contributed by atoms with Gasteiger partial charge in [0.15, 0.2) is 0 Å². The van der Waals surface area contributed by atoms with Crippen LogP contribution >= 0.6 is 0 Å². The van der Waals surface area contributed by atoms with Gasteiger partial charge in [-0.05, 0) is 216 Å². The van der Waals surface area contributed by atoms with E-state index in [1.807, 2.05) is 0 Å². The Hall–Kier alpha value is -10.2. The average molecular weight is 1020 g/mol. The highest BCUT2D eigenvalue weighted by molar-refractivity contribution is 5.85. The van der Waals surface area contributed by atoms with Crippen LogP contribution in [0.15, 0.2) is 309 Å². The second-order valence-corrected chi connectivity index (χ2v) is 20.1. The topological polar surface area (TPSA) is 13.0 Å². The summed E-state index contributed by atoms with van der Waals surface area (Å²) in [7, 11) is 0. The maximum atomic E-state index is 2.35. The van der Waals surface area contributed by atoms with Crippen LogP contribution < -0.4 is 19.6 Å². The second kappa shape index (κ2) is 22.6. The fourth-order valence-electron chi connectivity index (χ4n) is 10.6. The Bertz CT molecular complexity index is 3520. The Morgan fingerprint density at radius 3 is 0.506 bits per heavy atom. The van der Waals surface area contributed by atoms with Crippen molar-refractivity contribution < 1.29 is 0 Å². The molecular weight excluding hydrogens is 957 g/mol. The third kappa shape index (κ3) is 11.0. The van der Waals surface area contributed by atoms with E-state index in [2.05, 4.69) is 350 Å². The molecule has 0 saturated heterocycles. The minimum atomic E-state index is 1.07. The molecule has 0 atom stereocenters. The number of aryl methyl sites for hydroxylation is 3. The van der Waals surface area contributed by atoms with Crippen LogP contribution in [-0.4, -0.2) is 0 Å². The van der Waals surface area contributed by atoms with Crippen LogP contribution in [0.25, 0.3) is 33.4 Å². The lowest BCUT2D eigenvalue weighted by atomic mass is 10.0. The summed E-state index contributed by atoms with van der Waals surface area (Å²) in [6, 6.07) is 111. The quantitative estimate of drug-likeness (QED) is 0.101. The lowest BCUT2D eigenvalue weighted by Gasteiger charge is -2.27. The number of anilines is 12. The molecule has 0 unspecified atom stereocenters. The largest absolute Gasteiger partial charge is 0.311 e. The zero-order chi connectivity index (χ0) is 53.5. The monoisotopic (exact) mass is 1020 g/mol. The van der Waals surface area contributed by atoms with Gasteiger partial charge in [-0.1, -0.05) is 164 Å². The molecule has 0 heterocycles. The van der Waals surface area contributed by atoms with Gasteiger partial charge in [0.05, 0.1) is 0 Å². The van der Waals surface area contributed by atoms with Crippen molar-refractivity contribution in [1.82, 2.24) is 0 Å². The Kier molecular flexibility index (Phi) is 14.2. The molecule has 0 aromatic heterocycles. The first kappa shape index (κ1) is 49.7. The maximum Gasteiger partial charge on any atom is 0.0464 e. The molecule has 0 spiro atoms. The number of benzene rings is 12. The highest BCUT2D eigenvalue weighted by atomic mass is 15.2. The van der Waals surface area contributed by atoms with Gasteiger partial charge in [-0.2, -0.15) is 0 Å². The molecule has 0 saturated carbocycles. The Morgan fingerprint density at radius 1 is 0.152 bits per heavy atom. The van der Waals surface area contributed by atoms with Gasteiger partial charge < -0.3 is 19.6 Å². The highest BCUT2D eigenvalue weighted by Crippen LogP contribution is 2.42. The minimum Gasteiger partial charge on any atom is -0.311 e. The molecule has 12 aromatic carbocycles. The van der Waals surface area contributed by atoms with E-state index in [1.54, 1.807) is 0 Å². The summed E-state index contributed by atoms with van der Waals surface area (Å²) in [5.41, 5.74) is 23.9. The van der Waals surface area contributed by atoms with Crippen LogP contribution in [0.3, 0.4) is 0 Å². The van der Waals surface area contributed by atoms with Gasteiger partial charge in [0.25, 0.3) is 0 Å². The summed E-state index contributed by atoms with van der Waals surface area (Å²) >= 11 is 0. The van der Waals surface area contributed by atoms with Crippen molar-refractivity contribution in [2.75, 3.05) is 19.6 Å². The van der Waals surface area contributed by atoms with E-state index >= 15 is 0 Å². The number of hydrogen-bond acceptors (Lipinski definition) is 4. The molecule has 0 amide bonds. The van der Waals surface area contributed by atoms with Crippen LogP contribution in [0, 0.1) is 20.8 Å². The molecule has 4 heteroatoms. The van der Waals surface area contributed by atoms with Crippen LogP contribution in [0.5, 0.6) is 0 Å². The van der Waals surface area contributed by atoms with E-state index in [1.165, 1.54) is 16.7 Å². The third-order valence-electron chi connectivity index (χ3n) is 14.6. The van der Waals surface area contributed by atoms with Crippen LogP contribution in [0.2, 0.25) is 0 Å². The fraction of sp³-hybridized carbons (Fsp3) is 0.0400. The molecule has 0 radical (unpaired) electrons. The first-order chi connectivity index (χ1) is 38.9. The van der Waals surface area contributed by atoms with E-state index in [4.69, 9.17) is 0 Å². The van der Waals surface area contributed by atoms with E-state index in [-0.39, 0.29) is 0 Å². The molecule has 0 fully saturated rings. The SMILES string of the molecule is Cc1cccc(N(c2ccccc2)c2ccc(-c3ccc(N(c4ccc(-c5ccc(N(c6ccccc6)c6cccc(C)c6)cc5)cc4)c4ccc(-c5ccc(N(c6ccccc6)c6cccc(C)c6)cc5)cc4)cc3)cc2)c1. The van der Waals surface area contributed by atoms with Gasteiger partial charge in [-0.25, -0.2) is 0 Å². The molecule has 12 rings (SSSR count). The Balaban J connectivity index is 0.854. The van der Waals surface area contributed by atoms with Gasteiger partial charge in [0.1, 0.15) is 0 Å². The summed E-state index contributed by atoms with van der Waals surface area (Å²) in [6.07, 6.45) is 0. The van der Waals surface area contributed by atoms with Crippen molar-refractivity contribution in [3.8, 4) is 33.4 Å². The van der Waals surface area contributed by atoms with Crippen LogP contribution in [0.4, 0.5) is 68.2 Å². The normalized spacial score (nSPS) is 11.0. The van der Waals surface area contributed by atoms with Crippen molar-refractivity contribution >= 4 is 68.2 Å². The smallest absolute Gasteiger partial charge is 0.0464 e. The van der Waals surface area contributed by atoms with Crippen molar-refractivity contribution in [3.05, 3.63) is 326 Å². The van der Waals surface area contributed by atoms with Crippen molar-refractivity contribution in [2.24, 2.45) is 0 Å². The van der Waals surface area contributed by atoms with Crippen molar-refractivity contribution in [1.29, 1.82) is 0 Å². The van der Waals surface area contributed by atoms with Crippen molar-refractivity contribution in [2.45, 2.75) is 20.8 Å². The summed E-state index contributed by atoms with van der Waals surface area (Å²) < 4.78 is 0. The van der Waals surface area contributed by atoms with Gasteiger partial charge >= 0.3 is 0 Å². The third-order valence-corrected chi connectivity index (χ3v) is 14.6. The lowest BCUT2D eigenvalue weighted by molar-refractivity contribution is 1.27. The average Bonchev–Trinajstić information content (AvgIpc) is 3.53. The molecule has 0 aliphatic heterocycles. The summed E-state index contributed by atoms with van der Waals surface area (Å²) in [5, 5.41) is 0. The van der Waals surface area contributed by atoms with Crippen LogP contribution in [-0.2, 0) is 0 Å². The molecule has 380 valence electrons. The van der Waals surface area contributed by atoms with Gasteiger partial charge in [-0.15, -0.1) is 0 Å². The highest BCUT2D eigenvalue weighted by Gasteiger charge is 2.18. The molecule has 0 bridgehead atoms. The first-order valence-corrected chi connectivity index (χ1v) is 27.1. The summed E-state index contributed by atoms with van der Waals surface area (Å²) in [5.74, 6) is 0. The summed E-state index contributed by atoms with van der Waals surface area (Å²) in [6.45, 7) is 6.43. The molecule has 0 aliphatic rings. The number of para-hydroxylation sites is 3. The first-order valence-electron chi connectivity index (χ1n) is 27.1. The molecule has 0 aliphatic carbocycles. The van der Waals surface area contributed by atoms with Crippen molar-refractivity contribution in [3.63, 3.8) is 0 Å². The minimum absolute atomic E-state index is 1.07. The van der Waals surface area contributed by atoms with E-state index in [9.17, 15) is 0 Å².